The minimum atomic E-state index is -3.58. The van der Waals surface area contributed by atoms with Gasteiger partial charge < -0.3 is 0 Å². The highest BCUT2D eigenvalue weighted by Crippen LogP contribution is 2.04. The van der Waals surface area contributed by atoms with Crippen LogP contribution in [-0.4, -0.2) is 49.3 Å². The number of hydrogen-bond acceptors (Lipinski definition) is 4. The molecule has 1 saturated heterocycles. The Morgan fingerprint density at radius 3 is 2.21 bits per heavy atom. The van der Waals surface area contributed by atoms with Gasteiger partial charge in [-0.2, -0.15) is 4.31 Å². The number of hydrogen-bond donors (Lipinski definition) is 1. The van der Waals surface area contributed by atoms with Gasteiger partial charge in [0.05, 0.1) is 18.8 Å². The van der Waals surface area contributed by atoms with Crippen molar-refractivity contribution in [2.45, 2.75) is 0 Å². The van der Waals surface area contributed by atoms with Gasteiger partial charge in [0, 0.05) is 5.88 Å². The maximum atomic E-state index is 11.4. The molecule has 0 aromatic heterocycles. The molecular formula is C6H9ClN2O4S. The van der Waals surface area contributed by atoms with Gasteiger partial charge in [-0.25, -0.2) is 8.42 Å². The van der Waals surface area contributed by atoms with E-state index in [2.05, 4.69) is 0 Å². The third kappa shape index (κ3) is 2.66. The van der Waals surface area contributed by atoms with Crippen LogP contribution < -0.4 is 5.32 Å². The highest BCUT2D eigenvalue weighted by molar-refractivity contribution is 7.89. The van der Waals surface area contributed by atoms with Gasteiger partial charge in [-0.1, -0.05) is 0 Å². The third-order valence-electron chi connectivity index (χ3n) is 1.65. The van der Waals surface area contributed by atoms with Crippen molar-refractivity contribution in [1.29, 1.82) is 0 Å². The van der Waals surface area contributed by atoms with E-state index in [4.69, 9.17) is 11.6 Å². The molecule has 0 radical (unpaired) electrons. The van der Waals surface area contributed by atoms with Crippen LogP contribution in [0.1, 0.15) is 0 Å². The molecule has 1 fully saturated rings. The van der Waals surface area contributed by atoms with E-state index in [9.17, 15) is 18.0 Å². The number of carbonyl (C=O) groups excluding carboxylic acids is 2. The molecule has 0 aromatic rings. The van der Waals surface area contributed by atoms with Gasteiger partial charge in [0.2, 0.25) is 21.8 Å². The summed E-state index contributed by atoms with van der Waals surface area (Å²) in [5.74, 6) is -1.55. The Morgan fingerprint density at radius 2 is 1.79 bits per heavy atom. The molecule has 2 amide bonds. The van der Waals surface area contributed by atoms with Crippen molar-refractivity contribution in [2.24, 2.45) is 0 Å². The van der Waals surface area contributed by atoms with E-state index in [-0.39, 0.29) is 24.7 Å². The van der Waals surface area contributed by atoms with E-state index in [0.717, 1.165) is 4.31 Å². The summed E-state index contributed by atoms with van der Waals surface area (Å²) in [4.78, 5) is 21.7. The summed E-state index contributed by atoms with van der Waals surface area (Å²) in [7, 11) is -3.58. The molecule has 1 aliphatic heterocycles. The highest BCUT2D eigenvalue weighted by Gasteiger charge is 2.30. The molecule has 1 heterocycles. The molecule has 1 N–H and O–H groups in total. The number of piperazine rings is 1. The summed E-state index contributed by atoms with van der Waals surface area (Å²) in [6.07, 6.45) is 0. The van der Waals surface area contributed by atoms with Crippen molar-refractivity contribution in [1.82, 2.24) is 9.62 Å². The first-order valence-corrected chi connectivity index (χ1v) is 5.96. The zero-order valence-electron chi connectivity index (χ0n) is 7.19. The predicted molar refractivity (Wildman–Crippen MR) is 49.2 cm³/mol. The van der Waals surface area contributed by atoms with E-state index in [1.54, 1.807) is 0 Å². The molecule has 0 aliphatic carbocycles. The number of halogens is 1. The van der Waals surface area contributed by atoms with Crippen molar-refractivity contribution < 1.29 is 18.0 Å². The van der Waals surface area contributed by atoms with Gasteiger partial charge in [-0.15, -0.1) is 11.6 Å². The first kappa shape index (κ1) is 11.4. The molecule has 14 heavy (non-hydrogen) atoms. The number of nitrogens with zero attached hydrogens (tertiary/aromatic N) is 1. The van der Waals surface area contributed by atoms with Gasteiger partial charge in [0.25, 0.3) is 0 Å². The smallest absolute Gasteiger partial charge is 0.241 e. The molecule has 0 atom stereocenters. The van der Waals surface area contributed by atoms with Crippen molar-refractivity contribution in [3.8, 4) is 0 Å². The maximum absolute atomic E-state index is 11.4. The molecule has 1 aliphatic rings. The largest absolute Gasteiger partial charge is 0.294 e. The Labute approximate surface area is 86.3 Å². The van der Waals surface area contributed by atoms with Crippen LogP contribution in [0.2, 0.25) is 0 Å². The lowest BCUT2D eigenvalue weighted by Crippen LogP contribution is -2.53. The Bertz CT molecular complexity index is 337. The van der Waals surface area contributed by atoms with Crippen LogP contribution in [0.25, 0.3) is 0 Å². The van der Waals surface area contributed by atoms with Crippen LogP contribution >= 0.6 is 11.6 Å². The minimum Gasteiger partial charge on any atom is -0.294 e. The van der Waals surface area contributed by atoms with Crippen molar-refractivity contribution in [3.63, 3.8) is 0 Å². The standard InChI is InChI=1S/C6H9ClN2O4S/c7-1-2-14(12,13)9-3-5(10)8-6(11)4-9/h1-4H2,(H,8,10,11). The van der Waals surface area contributed by atoms with E-state index >= 15 is 0 Å². The highest BCUT2D eigenvalue weighted by atomic mass is 35.5. The zero-order chi connectivity index (χ0) is 10.8. The first-order valence-electron chi connectivity index (χ1n) is 3.82. The Kier molecular flexibility index (Phi) is 3.46. The predicted octanol–water partition coefficient (Wildman–Crippen LogP) is -1.49. The third-order valence-corrected chi connectivity index (χ3v) is 3.83. The molecule has 0 saturated carbocycles. The summed E-state index contributed by atoms with van der Waals surface area (Å²) >= 11 is 5.29. The minimum absolute atomic E-state index is 0.0609. The number of sulfonamides is 1. The van der Waals surface area contributed by atoms with Gasteiger partial charge in [0.1, 0.15) is 0 Å². The van der Waals surface area contributed by atoms with Crippen LogP contribution in [-0.2, 0) is 19.6 Å². The van der Waals surface area contributed by atoms with E-state index in [1.165, 1.54) is 0 Å². The normalized spacial score (nSPS) is 19.5. The van der Waals surface area contributed by atoms with Crippen LogP contribution in [0.4, 0.5) is 0 Å². The summed E-state index contributed by atoms with van der Waals surface area (Å²) in [5.41, 5.74) is 0. The fourth-order valence-corrected chi connectivity index (χ4v) is 2.70. The zero-order valence-corrected chi connectivity index (χ0v) is 8.77. The number of nitrogens with one attached hydrogen (secondary N) is 1. The fourth-order valence-electron chi connectivity index (χ4n) is 1.03. The second kappa shape index (κ2) is 4.24. The van der Waals surface area contributed by atoms with E-state index < -0.39 is 21.8 Å². The molecule has 6 nitrogen and oxygen atoms in total. The number of imide groups is 1. The molecule has 0 spiro atoms. The molecule has 0 aromatic carbocycles. The van der Waals surface area contributed by atoms with Gasteiger partial charge in [0.15, 0.2) is 0 Å². The Morgan fingerprint density at radius 1 is 1.29 bits per heavy atom. The first-order chi connectivity index (χ1) is 6.45. The fraction of sp³-hybridized carbons (Fsp3) is 0.667. The number of rotatable bonds is 3. The van der Waals surface area contributed by atoms with Gasteiger partial charge in [-0.05, 0) is 0 Å². The van der Waals surface area contributed by atoms with Crippen LogP contribution in [0.15, 0.2) is 0 Å². The number of carbonyl (C=O) groups is 2. The number of alkyl halides is 1. The summed E-state index contributed by atoms with van der Waals surface area (Å²) < 4.78 is 23.6. The molecule has 8 heteroatoms. The molecule has 0 unspecified atom stereocenters. The summed E-state index contributed by atoms with van der Waals surface area (Å²) in [6.45, 7) is -0.629. The van der Waals surface area contributed by atoms with Gasteiger partial charge in [-0.3, -0.25) is 14.9 Å². The molecular weight excluding hydrogens is 232 g/mol. The van der Waals surface area contributed by atoms with Crippen molar-refractivity contribution in [2.75, 3.05) is 24.7 Å². The van der Waals surface area contributed by atoms with Crippen molar-refractivity contribution >= 4 is 33.4 Å². The van der Waals surface area contributed by atoms with Crippen LogP contribution in [0.5, 0.6) is 0 Å². The second-order valence-corrected chi connectivity index (χ2v) is 5.21. The molecule has 80 valence electrons. The molecule has 0 bridgehead atoms. The second-order valence-electron chi connectivity index (χ2n) is 2.74. The quantitative estimate of drug-likeness (QED) is 0.481. The van der Waals surface area contributed by atoms with E-state index in [1.807, 2.05) is 5.32 Å². The summed E-state index contributed by atoms with van der Waals surface area (Å²) in [6, 6.07) is 0. The van der Waals surface area contributed by atoms with E-state index in [0.29, 0.717) is 0 Å². The Balaban J connectivity index is 2.78. The lowest BCUT2D eigenvalue weighted by molar-refractivity contribution is -0.134. The maximum Gasteiger partial charge on any atom is 0.241 e. The van der Waals surface area contributed by atoms with Gasteiger partial charge >= 0.3 is 0 Å². The van der Waals surface area contributed by atoms with Crippen LogP contribution in [0, 0.1) is 0 Å². The lowest BCUT2D eigenvalue weighted by Gasteiger charge is -2.24. The lowest BCUT2D eigenvalue weighted by atomic mass is 10.4. The average molecular weight is 241 g/mol. The SMILES string of the molecule is O=C1CN(S(=O)(=O)CCCl)CC(=O)N1. The Hall–Kier alpha value is -0.660. The molecule has 1 rings (SSSR count). The monoisotopic (exact) mass is 240 g/mol. The number of amides is 2. The topological polar surface area (TPSA) is 83.6 Å². The van der Waals surface area contributed by atoms with Crippen LogP contribution in [0.3, 0.4) is 0 Å². The van der Waals surface area contributed by atoms with Crippen molar-refractivity contribution in [3.05, 3.63) is 0 Å². The average Bonchev–Trinajstić information content (AvgIpc) is 2.02. The summed E-state index contributed by atoms with van der Waals surface area (Å²) in [5, 5.41) is 2.01.